The number of imidazole rings is 1. The second-order valence-corrected chi connectivity index (χ2v) is 8.76. The Morgan fingerprint density at radius 1 is 1.19 bits per heavy atom. The summed E-state index contributed by atoms with van der Waals surface area (Å²) in [6.45, 7) is 0.244. The zero-order valence-corrected chi connectivity index (χ0v) is 19.4. The number of fused-ring (bicyclic) bond motifs is 1. The van der Waals surface area contributed by atoms with Gasteiger partial charge in [0, 0.05) is 49.5 Å². The summed E-state index contributed by atoms with van der Waals surface area (Å²) in [5.74, 6) is -1.68. The smallest absolute Gasteiger partial charge is 0.255 e. The van der Waals surface area contributed by atoms with Gasteiger partial charge in [-0.25, -0.2) is 13.8 Å². The van der Waals surface area contributed by atoms with Crippen LogP contribution >= 0.6 is 15.9 Å². The normalized spacial score (nSPS) is 16.2. The van der Waals surface area contributed by atoms with Crippen molar-refractivity contribution in [1.82, 2.24) is 14.3 Å². The summed E-state index contributed by atoms with van der Waals surface area (Å²) in [6.07, 6.45) is 3.52. The topological polar surface area (TPSA) is 56.1 Å². The number of carbonyl (C=O) groups excluding carboxylic acids is 1. The Morgan fingerprint density at radius 2 is 1.94 bits per heavy atom. The third-order valence-corrected chi connectivity index (χ3v) is 6.27. The van der Waals surface area contributed by atoms with Crippen molar-refractivity contribution in [1.29, 1.82) is 0 Å². The molecular formula is C23H24BrF2N3O3. The van der Waals surface area contributed by atoms with Gasteiger partial charge in [-0.05, 0) is 53.0 Å². The predicted molar refractivity (Wildman–Crippen MR) is 120 cm³/mol. The van der Waals surface area contributed by atoms with Crippen LogP contribution in [0.2, 0.25) is 0 Å². The van der Waals surface area contributed by atoms with Crippen LogP contribution in [0.3, 0.4) is 0 Å². The van der Waals surface area contributed by atoms with Gasteiger partial charge in [-0.3, -0.25) is 4.79 Å². The lowest BCUT2D eigenvalue weighted by Crippen LogP contribution is -2.44. The third-order valence-electron chi connectivity index (χ3n) is 5.89. The van der Waals surface area contributed by atoms with Gasteiger partial charge in [0.1, 0.15) is 21.7 Å². The molecular weight excluding hydrogens is 484 g/mol. The largest absolute Gasteiger partial charge is 0.497 e. The van der Waals surface area contributed by atoms with Crippen LogP contribution in [0.25, 0.3) is 5.65 Å². The van der Waals surface area contributed by atoms with E-state index in [0.717, 1.165) is 5.56 Å². The number of carbonyl (C=O) groups is 1. The Labute approximate surface area is 193 Å². The van der Waals surface area contributed by atoms with E-state index < -0.39 is 5.92 Å². The molecule has 1 aliphatic rings. The van der Waals surface area contributed by atoms with Crippen LogP contribution in [0, 0.1) is 0 Å². The monoisotopic (exact) mass is 507 g/mol. The maximum absolute atomic E-state index is 13.8. The van der Waals surface area contributed by atoms with Gasteiger partial charge in [0.25, 0.3) is 5.91 Å². The predicted octanol–water partition coefficient (Wildman–Crippen LogP) is 5.33. The molecule has 1 fully saturated rings. The fraction of sp³-hybridized carbons (Fsp3) is 0.391. The molecule has 0 atom stereocenters. The van der Waals surface area contributed by atoms with Crippen molar-refractivity contribution >= 4 is 27.5 Å². The maximum atomic E-state index is 13.8. The number of aromatic nitrogens is 2. The highest BCUT2D eigenvalue weighted by Crippen LogP contribution is 2.37. The van der Waals surface area contributed by atoms with Crippen molar-refractivity contribution in [3.05, 3.63) is 58.5 Å². The van der Waals surface area contributed by atoms with Crippen LogP contribution in [-0.4, -0.2) is 46.4 Å². The van der Waals surface area contributed by atoms with Crippen LogP contribution in [-0.2, 0) is 6.54 Å². The van der Waals surface area contributed by atoms with E-state index in [1.807, 2.05) is 6.07 Å². The molecule has 0 saturated heterocycles. The van der Waals surface area contributed by atoms with E-state index >= 15 is 0 Å². The van der Waals surface area contributed by atoms with Crippen molar-refractivity contribution in [2.24, 2.45) is 0 Å². The number of halogens is 3. The molecule has 0 spiro atoms. The third kappa shape index (κ3) is 4.72. The first-order valence-corrected chi connectivity index (χ1v) is 11.1. The number of benzene rings is 1. The number of nitrogens with zero attached hydrogens (tertiary/aromatic N) is 3. The minimum atomic E-state index is -2.68. The maximum Gasteiger partial charge on any atom is 0.255 e. The van der Waals surface area contributed by atoms with Gasteiger partial charge in [0.2, 0.25) is 5.92 Å². The fourth-order valence-corrected chi connectivity index (χ4v) is 4.52. The fourth-order valence-electron chi connectivity index (χ4n) is 4.12. The standard InChI is InChI=1S/C23H24BrF2N3O3/c1-31-18-5-3-15(19(11-18)32-2)13-29(17-7-9-23(25,26)10-8-17)22(30)16-4-6-21-27-20(24)14-28(21)12-16/h3-6,11-12,14,17H,7-10,13H2,1-2H3. The van der Waals surface area contributed by atoms with Crippen molar-refractivity contribution in [2.45, 2.75) is 44.2 Å². The second-order valence-electron chi connectivity index (χ2n) is 7.94. The van der Waals surface area contributed by atoms with Gasteiger partial charge >= 0.3 is 0 Å². The van der Waals surface area contributed by atoms with Crippen molar-refractivity contribution in [3.8, 4) is 11.5 Å². The average Bonchev–Trinajstić information content (AvgIpc) is 3.16. The molecule has 1 saturated carbocycles. The molecule has 6 nitrogen and oxygen atoms in total. The molecule has 3 aromatic rings. The number of amides is 1. The van der Waals surface area contributed by atoms with Gasteiger partial charge in [-0.2, -0.15) is 0 Å². The molecule has 0 bridgehead atoms. The van der Waals surface area contributed by atoms with E-state index in [9.17, 15) is 13.6 Å². The number of rotatable bonds is 6. The Morgan fingerprint density at radius 3 is 2.62 bits per heavy atom. The van der Waals surface area contributed by atoms with Crippen molar-refractivity contribution < 1.29 is 23.0 Å². The first-order chi connectivity index (χ1) is 15.3. The number of pyridine rings is 1. The lowest BCUT2D eigenvalue weighted by atomic mass is 9.90. The molecule has 0 N–H and O–H groups in total. The highest BCUT2D eigenvalue weighted by molar-refractivity contribution is 9.10. The van der Waals surface area contributed by atoms with E-state index in [4.69, 9.17) is 9.47 Å². The summed E-state index contributed by atoms with van der Waals surface area (Å²) >= 11 is 3.34. The van der Waals surface area contributed by atoms with Crippen molar-refractivity contribution in [3.63, 3.8) is 0 Å². The molecule has 4 rings (SSSR count). The van der Waals surface area contributed by atoms with Gasteiger partial charge in [0.15, 0.2) is 0 Å². The highest BCUT2D eigenvalue weighted by Gasteiger charge is 2.38. The molecule has 1 aliphatic carbocycles. The zero-order valence-electron chi connectivity index (χ0n) is 17.9. The Bertz CT molecular complexity index is 1120. The van der Waals surface area contributed by atoms with Crippen LogP contribution in [0.4, 0.5) is 8.78 Å². The second kappa shape index (κ2) is 9.05. The van der Waals surface area contributed by atoms with E-state index in [0.29, 0.717) is 27.3 Å². The Hall–Kier alpha value is -2.68. The summed E-state index contributed by atoms with van der Waals surface area (Å²) in [5, 5.41) is 0. The SMILES string of the molecule is COc1ccc(CN(C(=O)c2ccc3nc(Br)cn3c2)C2CCC(F)(F)CC2)c(OC)c1. The molecule has 32 heavy (non-hydrogen) atoms. The molecule has 1 amide bonds. The summed E-state index contributed by atoms with van der Waals surface area (Å²) in [6, 6.07) is 8.57. The number of alkyl halides is 2. The number of ether oxygens (including phenoxy) is 2. The number of methoxy groups -OCH3 is 2. The molecule has 170 valence electrons. The van der Waals surface area contributed by atoms with E-state index in [2.05, 4.69) is 20.9 Å². The Balaban J connectivity index is 1.67. The van der Waals surface area contributed by atoms with Crippen LogP contribution in [0.5, 0.6) is 11.5 Å². The summed E-state index contributed by atoms with van der Waals surface area (Å²) < 4.78 is 40.8. The first-order valence-electron chi connectivity index (χ1n) is 10.3. The van der Waals surface area contributed by atoms with E-state index in [1.54, 1.807) is 60.2 Å². The van der Waals surface area contributed by atoms with Crippen LogP contribution in [0.1, 0.15) is 41.6 Å². The highest BCUT2D eigenvalue weighted by atomic mass is 79.9. The van der Waals surface area contributed by atoms with E-state index in [-0.39, 0.29) is 44.2 Å². The van der Waals surface area contributed by atoms with E-state index in [1.165, 1.54) is 0 Å². The molecule has 2 heterocycles. The summed E-state index contributed by atoms with van der Waals surface area (Å²) in [7, 11) is 3.12. The van der Waals surface area contributed by atoms with Gasteiger partial charge < -0.3 is 18.8 Å². The molecule has 0 radical (unpaired) electrons. The zero-order chi connectivity index (χ0) is 22.9. The number of hydrogen-bond donors (Lipinski definition) is 0. The van der Waals surface area contributed by atoms with Crippen molar-refractivity contribution in [2.75, 3.05) is 14.2 Å². The summed E-state index contributed by atoms with van der Waals surface area (Å²) in [4.78, 5) is 19.6. The molecule has 2 aromatic heterocycles. The van der Waals surface area contributed by atoms with Gasteiger partial charge in [-0.1, -0.05) is 0 Å². The lowest BCUT2D eigenvalue weighted by Gasteiger charge is -2.37. The Kier molecular flexibility index (Phi) is 6.37. The molecule has 1 aromatic carbocycles. The molecule has 9 heteroatoms. The van der Waals surface area contributed by atoms with Gasteiger partial charge in [-0.15, -0.1) is 0 Å². The average molecular weight is 508 g/mol. The lowest BCUT2D eigenvalue weighted by molar-refractivity contribution is -0.0518. The molecule has 0 unspecified atom stereocenters. The van der Waals surface area contributed by atoms with Crippen LogP contribution in [0.15, 0.2) is 47.3 Å². The van der Waals surface area contributed by atoms with Gasteiger partial charge in [0.05, 0.1) is 19.8 Å². The number of hydrogen-bond acceptors (Lipinski definition) is 4. The first kappa shape index (κ1) is 22.5. The molecule has 0 aliphatic heterocycles. The minimum absolute atomic E-state index is 0.218. The summed E-state index contributed by atoms with van der Waals surface area (Å²) in [5.41, 5.74) is 1.95. The minimum Gasteiger partial charge on any atom is -0.497 e. The van der Waals surface area contributed by atoms with Crippen LogP contribution < -0.4 is 9.47 Å². The quantitative estimate of drug-likeness (QED) is 0.452.